The van der Waals surface area contributed by atoms with Crippen LogP contribution in [-0.4, -0.2) is 10.8 Å². The van der Waals surface area contributed by atoms with Crippen LogP contribution in [0.25, 0.3) is 10.9 Å². The zero-order valence-electron chi connectivity index (χ0n) is 10.4. The number of nitrogens with one attached hydrogen (secondary N) is 1. The molecule has 3 aromatic rings. The zero-order chi connectivity index (χ0) is 14.1. The number of carbonyl (C=O) groups is 1. The van der Waals surface area contributed by atoms with Crippen LogP contribution in [0.4, 0.5) is 4.39 Å². The van der Waals surface area contributed by atoms with Crippen LogP contribution >= 0.6 is 0 Å². The van der Waals surface area contributed by atoms with Crippen molar-refractivity contribution < 1.29 is 9.18 Å². The maximum Gasteiger partial charge on any atom is 0.198 e. The maximum absolute atomic E-state index is 13.7. The molecule has 0 atom stereocenters. The van der Waals surface area contributed by atoms with Crippen molar-refractivity contribution in [3.05, 3.63) is 71.2 Å². The first-order valence-electron chi connectivity index (χ1n) is 6.01. The average Bonchev–Trinajstić information content (AvgIpc) is 2.90. The molecule has 1 heterocycles. The van der Waals surface area contributed by atoms with Crippen LogP contribution < -0.4 is 0 Å². The second-order valence-corrected chi connectivity index (χ2v) is 4.38. The number of fused-ring (bicyclic) bond motifs is 1. The minimum Gasteiger partial charge on any atom is -0.360 e. The van der Waals surface area contributed by atoms with Crippen LogP contribution in [-0.2, 0) is 0 Å². The summed E-state index contributed by atoms with van der Waals surface area (Å²) in [6.07, 6.45) is 1.54. The quantitative estimate of drug-likeness (QED) is 0.721. The van der Waals surface area contributed by atoms with E-state index >= 15 is 0 Å². The molecule has 0 saturated carbocycles. The molecule has 3 rings (SSSR count). The predicted octanol–water partition coefficient (Wildman–Crippen LogP) is 3.41. The van der Waals surface area contributed by atoms with Crippen LogP contribution in [0.1, 0.15) is 21.5 Å². The molecule has 0 bridgehead atoms. The summed E-state index contributed by atoms with van der Waals surface area (Å²) in [6.45, 7) is 0. The number of halogens is 1. The minimum absolute atomic E-state index is 0.0396. The lowest BCUT2D eigenvalue weighted by atomic mass is 10.0. The molecule has 0 spiro atoms. The largest absolute Gasteiger partial charge is 0.360 e. The van der Waals surface area contributed by atoms with E-state index in [0.717, 1.165) is 0 Å². The molecule has 1 N–H and O–H groups in total. The molecule has 0 saturated heterocycles. The molecule has 20 heavy (non-hydrogen) atoms. The highest BCUT2D eigenvalue weighted by atomic mass is 19.1. The number of ketones is 1. The number of rotatable bonds is 2. The van der Waals surface area contributed by atoms with Crippen LogP contribution in [0.3, 0.4) is 0 Å². The van der Waals surface area contributed by atoms with Gasteiger partial charge in [-0.3, -0.25) is 4.79 Å². The smallest absolute Gasteiger partial charge is 0.198 e. The van der Waals surface area contributed by atoms with Crippen LogP contribution in [0, 0.1) is 17.1 Å². The fourth-order valence-electron chi connectivity index (χ4n) is 2.17. The first-order valence-corrected chi connectivity index (χ1v) is 6.01. The van der Waals surface area contributed by atoms with Gasteiger partial charge in [0.1, 0.15) is 5.82 Å². The van der Waals surface area contributed by atoms with Crippen molar-refractivity contribution in [2.75, 3.05) is 0 Å². The maximum atomic E-state index is 13.7. The normalized spacial score (nSPS) is 10.4. The van der Waals surface area contributed by atoms with E-state index in [-0.39, 0.29) is 11.3 Å². The highest BCUT2D eigenvalue weighted by Crippen LogP contribution is 2.23. The minimum atomic E-state index is -0.541. The number of aromatic amines is 1. The molecule has 0 amide bonds. The highest BCUT2D eigenvalue weighted by molar-refractivity contribution is 6.16. The van der Waals surface area contributed by atoms with Gasteiger partial charge in [0, 0.05) is 22.7 Å². The van der Waals surface area contributed by atoms with Crippen molar-refractivity contribution in [3.8, 4) is 6.07 Å². The van der Waals surface area contributed by atoms with E-state index in [1.165, 1.54) is 12.1 Å². The van der Waals surface area contributed by atoms with Crippen molar-refractivity contribution in [3.63, 3.8) is 0 Å². The monoisotopic (exact) mass is 264 g/mol. The molecule has 3 nitrogen and oxygen atoms in total. The number of H-pyrrole nitrogens is 1. The number of nitrogens with zero attached hydrogens (tertiary/aromatic N) is 1. The lowest BCUT2D eigenvalue weighted by Crippen LogP contribution is -2.03. The Hall–Kier alpha value is -2.93. The highest BCUT2D eigenvalue weighted by Gasteiger charge is 2.17. The van der Waals surface area contributed by atoms with E-state index in [2.05, 4.69) is 4.98 Å². The molecule has 0 aliphatic heterocycles. The summed E-state index contributed by atoms with van der Waals surface area (Å²) in [6, 6.07) is 12.9. The van der Waals surface area contributed by atoms with E-state index in [0.29, 0.717) is 22.0 Å². The van der Waals surface area contributed by atoms with Crippen molar-refractivity contribution >= 4 is 16.7 Å². The fourth-order valence-corrected chi connectivity index (χ4v) is 2.17. The van der Waals surface area contributed by atoms with Crippen molar-refractivity contribution in [1.29, 1.82) is 5.26 Å². The third-order valence-electron chi connectivity index (χ3n) is 3.17. The first kappa shape index (κ1) is 12.1. The van der Waals surface area contributed by atoms with Crippen molar-refractivity contribution in [1.82, 2.24) is 4.98 Å². The summed E-state index contributed by atoms with van der Waals surface area (Å²) in [5.74, 6) is -0.917. The summed E-state index contributed by atoms with van der Waals surface area (Å²) < 4.78 is 13.7. The summed E-state index contributed by atoms with van der Waals surface area (Å²) >= 11 is 0. The Bertz CT molecular complexity index is 858. The Morgan fingerprint density at radius 2 is 1.95 bits per heavy atom. The molecule has 0 aliphatic carbocycles. The Balaban J connectivity index is 2.14. The van der Waals surface area contributed by atoms with Gasteiger partial charge in [0.25, 0.3) is 0 Å². The molecule has 0 fully saturated rings. The van der Waals surface area contributed by atoms with E-state index in [1.54, 1.807) is 36.5 Å². The molecular formula is C16H9FN2O. The van der Waals surface area contributed by atoms with Gasteiger partial charge in [0.2, 0.25) is 0 Å². The number of benzene rings is 2. The van der Waals surface area contributed by atoms with Crippen LogP contribution in [0.15, 0.2) is 48.7 Å². The zero-order valence-corrected chi connectivity index (χ0v) is 10.4. The number of carbonyl (C=O) groups excluding carboxylic acids is 1. The molecule has 0 aliphatic rings. The third kappa shape index (κ3) is 1.86. The van der Waals surface area contributed by atoms with Gasteiger partial charge in [0.05, 0.1) is 17.2 Å². The van der Waals surface area contributed by atoms with E-state index in [1.807, 2.05) is 6.07 Å². The SMILES string of the molecule is N#Cc1ccc2c(C(=O)c3ccccc3F)c[nH]c2c1. The summed E-state index contributed by atoms with van der Waals surface area (Å²) in [5, 5.41) is 9.53. The van der Waals surface area contributed by atoms with Gasteiger partial charge in [-0.1, -0.05) is 18.2 Å². The summed E-state index contributed by atoms with van der Waals surface area (Å²) in [7, 11) is 0. The van der Waals surface area contributed by atoms with Crippen molar-refractivity contribution in [2.45, 2.75) is 0 Å². The van der Waals surface area contributed by atoms with Gasteiger partial charge in [-0.25, -0.2) is 4.39 Å². The van der Waals surface area contributed by atoms with Gasteiger partial charge in [-0.15, -0.1) is 0 Å². The number of hydrogen-bond acceptors (Lipinski definition) is 2. The molecule has 96 valence electrons. The third-order valence-corrected chi connectivity index (χ3v) is 3.17. The van der Waals surface area contributed by atoms with Gasteiger partial charge in [-0.05, 0) is 24.3 Å². The Morgan fingerprint density at radius 3 is 2.70 bits per heavy atom. The lowest BCUT2D eigenvalue weighted by Gasteiger charge is -2.01. The molecule has 0 unspecified atom stereocenters. The molecule has 2 aromatic carbocycles. The number of aromatic nitrogens is 1. The van der Waals surface area contributed by atoms with Gasteiger partial charge >= 0.3 is 0 Å². The fraction of sp³-hybridized carbons (Fsp3) is 0. The molecule has 4 heteroatoms. The van der Waals surface area contributed by atoms with E-state index in [4.69, 9.17) is 5.26 Å². The van der Waals surface area contributed by atoms with Crippen LogP contribution in [0.2, 0.25) is 0 Å². The van der Waals surface area contributed by atoms with Gasteiger partial charge < -0.3 is 4.98 Å². The van der Waals surface area contributed by atoms with Gasteiger partial charge in [0.15, 0.2) is 5.78 Å². The first-order chi connectivity index (χ1) is 9.70. The van der Waals surface area contributed by atoms with Gasteiger partial charge in [-0.2, -0.15) is 5.26 Å². The molecule has 1 aromatic heterocycles. The molecule has 0 radical (unpaired) electrons. The summed E-state index contributed by atoms with van der Waals surface area (Å²) in [4.78, 5) is 15.3. The van der Waals surface area contributed by atoms with Crippen LogP contribution in [0.5, 0.6) is 0 Å². The Labute approximate surface area is 114 Å². The average molecular weight is 264 g/mol. The molecular weight excluding hydrogens is 255 g/mol. The number of hydrogen-bond donors (Lipinski definition) is 1. The Morgan fingerprint density at radius 1 is 1.15 bits per heavy atom. The van der Waals surface area contributed by atoms with Crippen molar-refractivity contribution in [2.24, 2.45) is 0 Å². The second kappa shape index (κ2) is 4.63. The standard InChI is InChI=1S/C16H9FN2O/c17-14-4-2-1-3-12(14)16(20)13-9-19-15-7-10(8-18)5-6-11(13)15/h1-7,9,19H. The van der Waals surface area contributed by atoms with E-state index < -0.39 is 5.82 Å². The lowest BCUT2D eigenvalue weighted by molar-refractivity contribution is 0.103. The second-order valence-electron chi connectivity index (χ2n) is 4.38. The van der Waals surface area contributed by atoms with E-state index in [9.17, 15) is 9.18 Å². The topological polar surface area (TPSA) is 56.6 Å². The summed E-state index contributed by atoms with van der Waals surface area (Å²) in [5.41, 5.74) is 1.63. The number of nitriles is 1. The Kier molecular flexibility index (Phi) is 2.81. The predicted molar refractivity (Wildman–Crippen MR) is 72.8 cm³/mol.